The summed E-state index contributed by atoms with van der Waals surface area (Å²) in [4.78, 5) is 14.3. The number of hydrogen-bond acceptors (Lipinski definition) is 6. The van der Waals surface area contributed by atoms with Crippen molar-refractivity contribution in [3.63, 3.8) is 0 Å². The number of ether oxygens (including phenoxy) is 1. The van der Waals surface area contributed by atoms with E-state index in [4.69, 9.17) is 9.15 Å². The summed E-state index contributed by atoms with van der Waals surface area (Å²) in [7, 11) is -0.356. The van der Waals surface area contributed by atoms with Crippen molar-refractivity contribution in [1.82, 2.24) is 4.72 Å². The molecule has 0 saturated carbocycles. The second-order valence-electron chi connectivity index (χ2n) is 6.78. The number of rotatable bonds is 6. The maximum absolute atomic E-state index is 12.7. The Morgan fingerprint density at radius 3 is 2.45 bits per heavy atom. The molecule has 9 heteroatoms. The first-order chi connectivity index (χ1) is 13.2. The van der Waals surface area contributed by atoms with Gasteiger partial charge in [-0.2, -0.15) is 0 Å². The van der Waals surface area contributed by atoms with E-state index in [9.17, 15) is 13.2 Å². The Labute approximate surface area is 192 Å². The molecule has 0 bridgehead atoms. The molecule has 3 rings (SSSR count). The molecule has 150 valence electrons. The van der Waals surface area contributed by atoms with Crippen LogP contribution in [0.1, 0.15) is 24.4 Å². The van der Waals surface area contributed by atoms with Gasteiger partial charge in [0.25, 0.3) is 10.0 Å². The van der Waals surface area contributed by atoms with Gasteiger partial charge in [0.2, 0.25) is 0 Å². The summed E-state index contributed by atoms with van der Waals surface area (Å²) in [6, 6.07) is 13.2. The molecule has 0 aliphatic rings. The molecule has 0 spiro atoms. The zero-order valence-corrected chi connectivity index (χ0v) is 16.9. The van der Waals surface area contributed by atoms with Crippen LogP contribution in [0.15, 0.2) is 57.8 Å². The van der Waals surface area contributed by atoms with Gasteiger partial charge in [0.1, 0.15) is 16.2 Å². The fourth-order valence-electron chi connectivity index (χ4n) is 2.66. The minimum atomic E-state index is -4.14. The Bertz CT molecular complexity index is 1120. The van der Waals surface area contributed by atoms with Gasteiger partial charge in [0.05, 0.1) is 6.10 Å². The van der Waals surface area contributed by atoms with Crippen LogP contribution in [0.25, 0.3) is 11.0 Å². The van der Waals surface area contributed by atoms with Crippen LogP contribution in [0, 0.1) is 0 Å². The number of para-hydroxylation sites is 1. The minimum absolute atomic E-state index is 0. The van der Waals surface area contributed by atoms with E-state index in [0.29, 0.717) is 11.0 Å². The molecule has 29 heavy (non-hydrogen) atoms. The van der Waals surface area contributed by atoms with Gasteiger partial charge in [0.15, 0.2) is 5.76 Å². The summed E-state index contributed by atoms with van der Waals surface area (Å²) in [5.74, 6) is -0.753. The summed E-state index contributed by atoms with van der Waals surface area (Å²) in [5, 5.41) is 0.705. The van der Waals surface area contributed by atoms with Crippen LogP contribution < -0.4 is 14.4 Å². The van der Waals surface area contributed by atoms with Crippen molar-refractivity contribution in [2.75, 3.05) is 19.0 Å². The molecule has 1 N–H and O–H groups in total. The third kappa shape index (κ3) is 5.33. The first kappa shape index (κ1) is 23.3. The van der Waals surface area contributed by atoms with Crippen LogP contribution in [-0.4, -0.2) is 64.1 Å². The first-order valence-corrected chi connectivity index (χ1v) is 10.2. The predicted molar refractivity (Wildman–Crippen MR) is 115 cm³/mol. The van der Waals surface area contributed by atoms with Gasteiger partial charge in [-0.05, 0) is 44.2 Å². The van der Waals surface area contributed by atoms with Gasteiger partial charge in [-0.15, -0.1) is 0 Å². The van der Waals surface area contributed by atoms with Crippen molar-refractivity contribution in [3.05, 3.63) is 54.3 Å². The molecule has 0 aliphatic carbocycles. The molecule has 1 aromatic heterocycles. The fraction of sp³-hybridized carbons (Fsp3) is 0.250. The van der Waals surface area contributed by atoms with E-state index in [1.807, 2.05) is 35.9 Å². The third-order valence-electron chi connectivity index (χ3n) is 3.97. The maximum atomic E-state index is 12.7. The van der Waals surface area contributed by atoms with Crippen LogP contribution in [0.4, 0.5) is 5.69 Å². The topological polar surface area (TPSA) is 88.8 Å². The number of nitrogens with one attached hydrogen (secondary N) is 1. The van der Waals surface area contributed by atoms with Crippen molar-refractivity contribution in [2.45, 2.75) is 24.8 Å². The molecule has 0 aliphatic heterocycles. The van der Waals surface area contributed by atoms with Gasteiger partial charge < -0.3 is 14.1 Å². The summed E-state index contributed by atoms with van der Waals surface area (Å²) in [5.41, 5.74) is 1.40. The van der Waals surface area contributed by atoms with Crippen molar-refractivity contribution >= 4 is 62.1 Å². The van der Waals surface area contributed by atoms with Gasteiger partial charge in [-0.3, -0.25) is 4.79 Å². The molecule has 0 saturated heterocycles. The number of fused-ring (bicyclic) bond motifs is 1. The van der Waals surface area contributed by atoms with Crippen LogP contribution in [0.3, 0.4) is 0 Å². The van der Waals surface area contributed by atoms with Crippen LogP contribution in [0.5, 0.6) is 5.75 Å². The zero-order chi connectivity index (χ0) is 20.5. The Hall–Kier alpha value is -2.00. The number of carbonyl (C=O) groups excluding carboxylic acids is 1. The molecule has 2 aromatic carbocycles. The van der Waals surface area contributed by atoms with E-state index in [1.54, 1.807) is 38.1 Å². The molecule has 0 atom stereocenters. The van der Waals surface area contributed by atoms with Crippen molar-refractivity contribution in [3.8, 4) is 5.75 Å². The monoisotopic (exact) mass is 426 g/mol. The molecule has 1 amide bonds. The average molecular weight is 426 g/mol. The Morgan fingerprint density at radius 2 is 1.79 bits per heavy atom. The van der Waals surface area contributed by atoms with Gasteiger partial charge in [-0.1, -0.05) is 12.1 Å². The van der Waals surface area contributed by atoms with E-state index >= 15 is 0 Å². The number of furan rings is 1. The van der Waals surface area contributed by atoms with Crippen LogP contribution in [0.2, 0.25) is 0 Å². The molecular weight excluding hydrogens is 403 g/mol. The second kappa shape index (κ2) is 9.21. The standard InChI is InChI=1S/C20H22N2O5S.Na.H/c1-13(2)26-16-7-5-6-8-19(16)28(24,25)21-20(23)18-11-14-9-10-15(22(3)4)12-17(14)27-18;;/h5-13H,1-4H3,(H,21,23);;. The number of hydrogen-bond donors (Lipinski definition) is 1. The fourth-order valence-corrected chi connectivity index (χ4v) is 3.75. The van der Waals surface area contributed by atoms with E-state index in [2.05, 4.69) is 0 Å². The quantitative estimate of drug-likeness (QED) is 0.610. The summed E-state index contributed by atoms with van der Waals surface area (Å²) in [6.07, 6.45) is -0.215. The van der Waals surface area contributed by atoms with Crippen molar-refractivity contribution in [1.29, 1.82) is 0 Å². The molecule has 3 aromatic rings. The van der Waals surface area contributed by atoms with E-state index in [0.717, 1.165) is 5.69 Å². The molecular formula is C20H23N2NaO5S. The Kier molecular flexibility index (Phi) is 7.40. The SMILES string of the molecule is CC(C)Oc1ccccc1S(=O)(=O)NC(=O)c1cc2ccc(N(C)C)cc2o1.[NaH]. The van der Waals surface area contributed by atoms with Gasteiger partial charge in [-0.25, -0.2) is 13.1 Å². The number of benzene rings is 2. The third-order valence-corrected chi connectivity index (χ3v) is 5.34. The molecule has 0 radical (unpaired) electrons. The van der Waals surface area contributed by atoms with Gasteiger partial charge in [0, 0.05) is 31.2 Å². The number of sulfonamides is 1. The number of amides is 1. The van der Waals surface area contributed by atoms with Crippen LogP contribution >= 0.6 is 0 Å². The number of anilines is 1. The van der Waals surface area contributed by atoms with Crippen molar-refractivity contribution in [2.24, 2.45) is 0 Å². The Morgan fingerprint density at radius 1 is 1.10 bits per heavy atom. The molecule has 1 heterocycles. The average Bonchev–Trinajstić information content (AvgIpc) is 3.04. The molecule has 0 unspecified atom stereocenters. The predicted octanol–water partition coefficient (Wildman–Crippen LogP) is 2.76. The number of carbonyl (C=O) groups is 1. The zero-order valence-electron chi connectivity index (χ0n) is 16.1. The number of nitrogens with zero attached hydrogens (tertiary/aromatic N) is 1. The molecule has 7 nitrogen and oxygen atoms in total. The van der Waals surface area contributed by atoms with E-state index in [1.165, 1.54) is 12.1 Å². The van der Waals surface area contributed by atoms with Crippen molar-refractivity contribution < 1.29 is 22.4 Å². The van der Waals surface area contributed by atoms with Gasteiger partial charge >= 0.3 is 35.5 Å². The first-order valence-electron chi connectivity index (χ1n) is 8.71. The Balaban J connectivity index is 0.00000300. The normalized spacial score (nSPS) is 11.2. The summed E-state index contributed by atoms with van der Waals surface area (Å²) >= 11 is 0. The second-order valence-corrected chi connectivity index (χ2v) is 8.43. The van der Waals surface area contributed by atoms with Crippen LogP contribution in [-0.2, 0) is 10.0 Å². The van der Waals surface area contributed by atoms with E-state index in [-0.39, 0.29) is 52.1 Å². The summed E-state index contributed by atoms with van der Waals surface area (Å²) < 4.78 is 38.6. The van der Waals surface area contributed by atoms with E-state index < -0.39 is 15.9 Å². The summed E-state index contributed by atoms with van der Waals surface area (Å²) in [6.45, 7) is 3.58. The molecule has 0 fully saturated rings.